The summed E-state index contributed by atoms with van der Waals surface area (Å²) in [5, 5.41) is 6.48. The second kappa shape index (κ2) is 7.79. The van der Waals surface area contributed by atoms with Crippen molar-refractivity contribution >= 4 is 5.91 Å². The highest BCUT2D eigenvalue weighted by Gasteiger charge is 2.33. The fraction of sp³-hybridized carbons (Fsp3) is 0.263. The molecule has 9 heteroatoms. The van der Waals surface area contributed by atoms with Gasteiger partial charge in [0.25, 0.3) is 0 Å². The number of amides is 1. The van der Waals surface area contributed by atoms with Crippen molar-refractivity contribution in [1.29, 1.82) is 0 Å². The Kier molecular flexibility index (Phi) is 5.43. The quantitative estimate of drug-likeness (QED) is 0.708. The van der Waals surface area contributed by atoms with Crippen LogP contribution < -0.4 is 5.32 Å². The summed E-state index contributed by atoms with van der Waals surface area (Å²) in [4.78, 5) is 19.8. The summed E-state index contributed by atoms with van der Waals surface area (Å²) in [6, 6.07) is 10.8. The lowest BCUT2D eigenvalue weighted by molar-refractivity contribution is -0.141. The number of halogens is 3. The van der Waals surface area contributed by atoms with E-state index in [1.54, 1.807) is 13.8 Å². The molecule has 0 radical (unpaired) electrons. The SMILES string of the molecule is CC(C(=O)N[C@@H](C)c1nc(-c2ccnc(C(F)(F)F)c2)no1)c1ccccc1. The molecule has 0 saturated heterocycles. The molecular weight excluding hydrogens is 373 g/mol. The predicted octanol–water partition coefficient (Wildman–Crippen LogP) is 4.13. The van der Waals surface area contributed by atoms with Gasteiger partial charge in [-0.15, -0.1) is 0 Å². The fourth-order valence-corrected chi connectivity index (χ4v) is 2.55. The number of nitrogens with one attached hydrogen (secondary N) is 1. The number of nitrogens with zero attached hydrogens (tertiary/aromatic N) is 3. The van der Waals surface area contributed by atoms with E-state index in [0.29, 0.717) is 0 Å². The lowest BCUT2D eigenvalue weighted by Crippen LogP contribution is -2.30. The Balaban J connectivity index is 1.72. The summed E-state index contributed by atoms with van der Waals surface area (Å²) in [7, 11) is 0. The highest BCUT2D eigenvalue weighted by Crippen LogP contribution is 2.30. The van der Waals surface area contributed by atoms with Gasteiger partial charge in [0.05, 0.1) is 5.92 Å². The molecule has 1 unspecified atom stereocenters. The fourth-order valence-electron chi connectivity index (χ4n) is 2.55. The van der Waals surface area contributed by atoms with Gasteiger partial charge >= 0.3 is 6.18 Å². The van der Waals surface area contributed by atoms with Gasteiger partial charge in [-0.05, 0) is 31.5 Å². The second-order valence-corrected chi connectivity index (χ2v) is 6.25. The average molecular weight is 390 g/mol. The Morgan fingerprint density at radius 2 is 1.86 bits per heavy atom. The van der Waals surface area contributed by atoms with Crippen LogP contribution in [0, 0.1) is 0 Å². The molecule has 0 spiro atoms. The van der Waals surface area contributed by atoms with Crippen molar-refractivity contribution < 1.29 is 22.5 Å². The van der Waals surface area contributed by atoms with Crippen LogP contribution in [0.2, 0.25) is 0 Å². The zero-order valence-corrected chi connectivity index (χ0v) is 15.1. The number of hydrogen-bond donors (Lipinski definition) is 1. The van der Waals surface area contributed by atoms with Gasteiger partial charge in [-0.2, -0.15) is 18.2 Å². The van der Waals surface area contributed by atoms with E-state index in [1.807, 2.05) is 30.3 Å². The van der Waals surface area contributed by atoms with Gasteiger partial charge in [-0.3, -0.25) is 9.78 Å². The first-order valence-electron chi connectivity index (χ1n) is 8.48. The number of hydrogen-bond acceptors (Lipinski definition) is 5. The first-order chi connectivity index (χ1) is 13.3. The molecule has 1 N–H and O–H groups in total. The molecular formula is C19H17F3N4O2. The maximum absolute atomic E-state index is 12.8. The Labute approximate surface area is 158 Å². The van der Waals surface area contributed by atoms with E-state index >= 15 is 0 Å². The van der Waals surface area contributed by atoms with Crippen LogP contribution in [0.5, 0.6) is 0 Å². The monoisotopic (exact) mass is 390 g/mol. The second-order valence-electron chi connectivity index (χ2n) is 6.25. The van der Waals surface area contributed by atoms with Crippen molar-refractivity contribution in [2.75, 3.05) is 0 Å². The van der Waals surface area contributed by atoms with E-state index in [2.05, 4.69) is 20.4 Å². The summed E-state index contributed by atoms with van der Waals surface area (Å²) in [6.07, 6.45) is -3.54. The van der Waals surface area contributed by atoms with Crippen LogP contribution >= 0.6 is 0 Å². The Bertz CT molecular complexity index is 957. The van der Waals surface area contributed by atoms with Crippen molar-refractivity contribution in [1.82, 2.24) is 20.4 Å². The minimum atomic E-state index is -4.57. The smallest absolute Gasteiger partial charge is 0.344 e. The molecule has 146 valence electrons. The highest BCUT2D eigenvalue weighted by atomic mass is 19.4. The molecule has 3 rings (SSSR count). The molecule has 28 heavy (non-hydrogen) atoms. The van der Waals surface area contributed by atoms with E-state index in [0.717, 1.165) is 17.8 Å². The summed E-state index contributed by atoms with van der Waals surface area (Å²) in [6.45, 7) is 3.42. The summed E-state index contributed by atoms with van der Waals surface area (Å²) >= 11 is 0. The minimum absolute atomic E-state index is 0.0138. The van der Waals surface area contributed by atoms with E-state index in [9.17, 15) is 18.0 Å². The van der Waals surface area contributed by atoms with E-state index < -0.39 is 17.9 Å². The molecule has 3 aromatic rings. The third kappa shape index (κ3) is 4.36. The molecule has 1 amide bonds. The molecule has 0 aliphatic rings. The van der Waals surface area contributed by atoms with E-state index in [1.165, 1.54) is 6.07 Å². The van der Waals surface area contributed by atoms with Crippen LogP contribution in [0.25, 0.3) is 11.4 Å². The molecule has 2 heterocycles. The third-order valence-corrected chi connectivity index (χ3v) is 4.17. The van der Waals surface area contributed by atoms with Crippen molar-refractivity contribution in [2.24, 2.45) is 0 Å². The Hall–Kier alpha value is -3.23. The van der Waals surface area contributed by atoms with Crippen molar-refractivity contribution in [2.45, 2.75) is 32.0 Å². The van der Waals surface area contributed by atoms with Gasteiger partial charge in [0.15, 0.2) is 0 Å². The number of alkyl halides is 3. The normalized spacial score (nSPS) is 13.8. The first kappa shape index (κ1) is 19.5. The minimum Gasteiger partial charge on any atom is -0.344 e. The lowest BCUT2D eigenvalue weighted by atomic mass is 10.0. The van der Waals surface area contributed by atoms with Gasteiger partial charge in [0.1, 0.15) is 11.7 Å². The van der Waals surface area contributed by atoms with E-state index in [-0.39, 0.29) is 29.1 Å². The average Bonchev–Trinajstić information content (AvgIpc) is 3.18. The third-order valence-electron chi connectivity index (χ3n) is 4.17. The summed E-state index contributed by atoms with van der Waals surface area (Å²) < 4.78 is 43.5. The van der Waals surface area contributed by atoms with Crippen molar-refractivity contribution in [3.8, 4) is 11.4 Å². The number of aromatic nitrogens is 3. The largest absolute Gasteiger partial charge is 0.433 e. The van der Waals surface area contributed by atoms with Gasteiger partial charge in [0, 0.05) is 11.8 Å². The molecule has 0 aliphatic heterocycles. The molecule has 1 aromatic carbocycles. The predicted molar refractivity (Wildman–Crippen MR) is 93.9 cm³/mol. The lowest BCUT2D eigenvalue weighted by Gasteiger charge is -2.15. The number of benzene rings is 1. The number of pyridine rings is 1. The maximum Gasteiger partial charge on any atom is 0.433 e. The van der Waals surface area contributed by atoms with Gasteiger partial charge in [-0.1, -0.05) is 35.5 Å². The van der Waals surface area contributed by atoms with Crippen molar-refractivity contribution in [3.05, 3.63) is 65.8 Å². The van der Waals surface area contributed by atoms with Gasteiger partial charge < -0.3 is 9.84 Å². The molecule has 6 nitrogen and oxygen atoms in total. The van der Waals surface area contributed by atoms with Crippen LogP contribution in [0.4, 0.5) is 13.2 Å². The number of carbonyl (C=O) groups excluding carboxylic acids is 1. The highest BCUT2D eigenvalue weighted by molar-refractivity contribution is 5.83. The number of carbonyl (C=O) groups is 1. The van der Waals surface area contributed by atoms with Crippen LogP contribution in [-0.2, 0) is 11.0 Å². The molecule has 0 bridgehead atoms. The summed E-state index contributed by atoms with van der Waals surface area (Å²) in [5.74, 6) is -0.545. The topological polar surface area (TPSA) is 80.9 Å². The van der Waals surface area contributed by atoms with Gasteiger partial charge in [-0.25, -0.2) is 0 Å². The number of rotatable bonds is 5. The molecule has 2 atom stereocenters. The van der Waals surface area contributed by atoms with Gasteiger partial charge in [0.2, 0.25) is 17.6 Å². The van der Waals surface area contributed by atoms with Crippen LogP contribution in [0.15, 0.2) is 53.2 Å². The summed E-state index contributed by atoms with van der Waals surface area (Å²) in [5.41, 5.74) is -0.0715. The molecule has 0 fully saturated rings. The Morgan fingerprint density at radius 3 is 2.54 bits per heavy atom. The molecule has 0 aliphatic carbocycles. The Morgan fingerprint density at radius 1 is 1.14 bits per heavy atom. The van der Waals surface area contributed by atoms with Crippen LogP contribution in [-0.4, -0.2) is 21.0 Å². The van der Waals surface area contributed by atoms with Crippen LogP contribution in [0.1, 0.15) is 43.0 Å². The maximum atomic E-state index is 12.8. The molecule has 0 saturated carbocycles. The standard InChI is InChI=1S/C19H17F3N4O2/c1-11(13-6-4-3-5-7-13)17(27)24-12(2)18-25-16(26-28-18)14-8-9-23-15(10-14)19(20,21)22/h3-12H,1-2H3,(H,24,27)/t11?,12-/m0/s1. The first-order valence-corrected chi connectivity index (χ1v) is 8.48. The molecule has 2 aromatic heterocycles. The zero-order valence-electron chi connectivity index (χ0n) is 15.1. The van der Waals surface area contributed by atoms with E-state index in [4.69, 9.17) is 4.52 Å². The zero-order chi connectivity index (χ0) is 20.3. The van der Waals surface area contributed by atoms with Crippen LogP contribution in [0.3, 0.4) is 0 Å². The van der Waals surface area contributed by atoms with Crippen molar-refractivity contribution in [3.63, 3.8) is 0 Å².